The van der Waals surface area contributed by atoms with Crippen LogP contribution in [0.4, 0.5) is 5.69 Å². The Hall–Kier alpha value is -1.49. The fourth-order valence-corrected chi connectivity index (χ4v) is 3.97. The topological polar surface area (TPSA) is 32.8 Å². The molecular weight excluding hydrogens is 299 g/mol. The summed E-state index contributed by atoms with van der Waals surface area (Å²) >= 11 is 0. The molecule has 1 aromatic rings. The molecule has 2 rings (SSSR count). The van der Waals surface area contributed by atoms with Gasteiger partial charge in [0, 0.05) is 24.3 Å². The van der Waals surface area contributed by atoms with E-state index >= 15 is 0 Å². The van der Waals surface area contributed by atoms with E-state index in [2.05, 4.69) is 36.9 Å². The van der Waals surface area contributed by atoms with Crippen LogP contribution in [0.25, 0.3) is 0 Å². The van der Waals surface area contributed by atoms with Crippen LogP contribution < -0.4 is 10.4 Å². The van der Waals surface area contributed by atoms with Gasteiger partial charge in [0.2, 0.25) is 0 Å². The summed E-state index contributed by atoms with van der Waals surface area (Å²) in [5.41, 5.74) is 4.01. The van der Waals surface area contributed by atoms with Gasteiger partial charge in [0.05, 0.1) is 12.7 Å². The second-order valence-corrected chi connectivity index (χ2v) is 7.16. The second-order valence-electron chi connectivity index (χ2n) is 7.16. The molecule has 0 aliphatic heterocycles. The highest BCUT2D eigenvalue weighted by Crippen LogP contribution is 2.31. The molecular formula is C19H31BN2O2. The smallest absolute Gasteiger partial charge is 0.338 e. The van der Waals surface area contributed by atoms with Crippen LogP contribution in [0, 0.1) is 6.92 Å². The third-order valence-corrected chi connectivity index (χ3v) is 5.42. The maximum absolute atomic E-state index is 12.1. The van der Waals surface area contributed by atoms with E-state index < -0.39 is 0 Å². The molecule has 0 saturated heterocycles. The van der Waals surface area contributed by atoms with Crippen molar-refractivity contribution in [1.29, 1.82) is 0 Å². The summed E-state index contributed by atoms with van der Waals surface area (Å²) in [4.78, 5) is 16.9. The molecule has 0 heterocycles. The Kier molecular flexibility index (Phi) is 6.33. The largest absolute Gasteiger partial charge is 0.465 e. The predicted molar refractivity (Wildman–Crippen MR) is 103 cm³/mol. The Morgan fingerprint density at radius 2 is 1.79 bits per heavy atom. The zero-order valence-corrected chi connectivity index (χ0v) is 16.1. The lowest BCUT2D eigenvalue weighted by Gasteiger charge is -2.40. The zero-order valence-electron chi connectivity index (χ0n) is 16.1. The first-order valence-corrected chi connectivity index (χ1v) is 9.01. The molecule has 1 aliphatic rings. The minimum Gasteiger partial charge on any atom is -0.465 e. The summed E-state index contributed by atoms with van der Waals surface area (Å²) in [6.45, 7) is 5.20. The van der Waals surface area contributed by atoms with Crippen LogP contribution in [0.2, 0.25) is 0 Å². The van der Waals surface area contributed by atoms with Crippen molar-refractivity contribution in [3.8, 4) is 0 Å². The Bertz CT molecular complexity index is 581. The first kappa shape index (κ1) is 18.8. The molecule has 0 bridgehead atoms. The zero-order chi connectivity index (χ0) is 17.9. The van der Waals surface area contributed by atoms with Gasteiger partial charge in [0.15, 0.2) is 0 Å². The van der Waals surface area contributed by atoms with Gasteiger partial charge in [-0.15, -0.1) is 0 Å². The Morgan fingerprint density at radius 1 is 1.21 bits per heavy atom. The van der Waals surface area contributed by atoms with Gasteiger partial charge in [-0.1, -0.05) is 11.5 Å². The number of rotatable bonds is 5. The van der Waals surface area contributed by atoms with Gasteiger partial charge < -0.3 is 14.5 Å². The quantitative estimate of drug-likeness (QED) is 0.608. The van der Waals surface area contributed by atoms with E-state index in [1.807, 2.05) is 20.8 Å². The first-order chi connectivity index (χ1) is 11.4. The molecule has 5 heteroatoms. The lowest BCUT2D eigenvalue weighted by atomic mass is 9.87. The average molecular weight is 330 g/mol. The van der Waals surface area contributed by atoms with Crippen molar-refractivity contribution in [2.45, 2.75) is 51.6 Å². The normalized spacial score (nSPS) is 20.9. The lowest BCUT2D eigenvalue weighted by molar-refractivity contribution is 0.0600. The van der Waals surface area contributed by atoms with E-state index in [0.717, 1.165) is 17.6 Å². The minimum atomic E-state index is -0.246. The molecule has 132 valence electrons. The molecule has 24 heavy (non-hydrogen) atoms. The van der Waals surface area contributed by atoms with Crippen LogP contribution in [0.5, 0.6) is 0 Å². The van der Waals surface area contributed by atoms with Crippen LogP contribution in [0.3, 0.4) is 0 Å². The molecule has 0 amide bonds. The fraction of sp³-hybridized carbons (Fsp3) is 0.632. The van der Waals surface area contributed by atoms with Crippen molar-refractivity contribution in [2.24, 2.45) is 0 Å². The number of carbonyl (C=O) groups is 1. The summed E-state index contributed by atoms with van der Waals surface area (Å²) in [6, 6.07) is 5.39. The molecule has 0 atom stereocenters. The van der Waals surface area contributed by atoms with Gasteiger partial charge in [-0.3, -0.25) is 0 Å². The van der Waals surface area contributed by atoms with Crippen molar-refractivity contribution >= 4 is 25.0 Å². The highest BCUT2D eigenvalue weighted by molar-refractivity contribution is 6.33. The maximum Gasteiger partial charge on any atom is 0.338 e. The first-order valence-electron chi connectivity index (χ1n) is 9.01. The van der Waals surface area contributed by atoms with Crippen molar-refractivity contribution in [2.75, 3.05) is 32.6 Å². The van der Waals surface area contributed by atoms with Crippen molar-refractivity contribution in [3.63, 3.8) is 0 Å². The predicted octanol–water partition coefficient (Wildman–Crippen LogP) is 1.74. The summed E-state index contributed by atoms with van der Waals surface area (Å²) in [6.07, 6.45) is 4.89. The number of hydrogen-bond acceptors (Lipinski definition) is 4. The molecule has 0 aromatic heterocycles. The van der Waals surface area contributed by atoms with Crippen molar-refractivity contribution in [3.05, 3.63) is 23.3 Å². The standard InChI is InChI=1S/C19H31BN2O2/c1-6-22(16-9-7-15(8-10-16)21(3)4)18-12-14(20)11-17(13(18)2)19(23)24-5/h11-12,15-16H,6-10,20H2,1-5H3. The monoisotopic (exact) mass is 330 g/mol. The number of hydrogen-bond donors (Lipinski definition) is 0. The van der Waals surface area contributed by atoms with E-state index in [1.165, 1.54) is 38.5 Å². The molecule has 0 unspecified atom stereocenters. The van der Waals surface area contributed by atoms with Crippen molar-refractivity contribution in [1.82, 2.24) is 4.90 Å². The summed E-state index contributed by atoms with van der Waals surface area (Å²) < 4.78 is 4.96. The summed E-state index contributed by atoms with van der Waals surface area (Å²) in [5.74, 6) is -0.246. The SMILES string of the molecule is Bc1cc(C(=O)OC)c(C)c(N(CC)C2CCC(N(C)C)CC2)c1. The van der Waals surface area contributed by atoms with Crippen LogP contribution in [-0.2, 0) is 4.74 Å². The van der Waals surface area contributed by atoms with E-state index in [4.69, 9.17) is 4.74 Å². The van der Waals surface area contributed by atoms with Crippen LogP contribution in [0.15, 0.2) is 12.1 Å². The summed E-state index contributed by atoms with van der Waals surface area (Å²) in [5, 5.41) is 0. The highest BCUT2D eigenvalue weighted by atomic mass is 16.5. The number of benzene rings is 1. The van der Waals surface area contributed by atoms with Gasteiger partial charge in [0.1, 0.15) is 7.85 Å². The summed E-state index contributed by atoms with van der Waals surface area (Å²) in [7, 11) is 7.85. The molecule has 1 fully saturated rings. The van der Waals surface area contributed by atoms with Gasteiger partial charge in [-0.05, 0) is 65.3 Å². The van der Waals surface area contributed by atoms with Crippen LogP contribution in [-0.4, -0.2) is 58.5 Å². The highest BCUT2D eigenvalue weighted by Gasteiger charge is 2.28. The molecule has 0 N–H and O–H groups in total. The number of methoxy groups -OCH3 is 1. The number of nitrogens with zero attached hydrogens (tertiary/aromatic N) is 2. The fourth-order valence-electron chi connectivity index (χ4n) is 3.97. The van der Waals surface area contributed by atoms with Gasteiger partial charge in [-0.25, -0.2) is 4.79 Å². The molecule has 4 nitrogen and oxygen atoms in total. The Labute approximate surface area is 147 Å². The Morgan fingerprint density at radius 3 is 2.29 bits per heavy atom. The van der Waals surface area contributed by atoms with Crippen LogP contribution >= 0.6 is 0 Å². The van der Waals surface area contributed by atoms with Crippen molar-refractivity contribution < 1.29 is 9.53 Å². The van der Waals surface area contributed by atoms with Gasteiger partial charge in [0.25, 0.3) is 0 Å². The molecule has 0 radical (unpaired) electrons. The maximum atomic E-state index is 12.1. The average Bonchev–Trinajstić information content (AvgIpc) is 2.58. The van der Waals surface area contributed by atoms with Crippen LogP contribution in [0.1, 0.15) is 48.5 Å². The molecule has 1 aromatic carbocycles. The van der Waals surface area contributed by atoms with E-state index in [0.29, 0.717) is 17.6 Å². The number of ether oxygens (including phenoxy) is 1. The lowest BCUT2D eigenvalue weighted by Crippen LogP contribution is -2.42. The number of carbonyl (C=O) groups excluding carboxylic acids is 1. The Balaban J connectivity index is 2.28. The van der Waals surface area contributed by atoms with Gasteiger partial charge >= 0.3 is 5.97 Å². The third-order valence-electron chi connectivity index (χ3n) is 5.42. The minimum absolute atomic E-state index is 0.246. The van der Waals surface area contributed by atoms with E-state index in [9.17, 15) is 4.79 Å². The molecule has 1 aliphatic carbocycles. The van der Waals surface area contributed by atoms with E-state index in [-0.39, 0.29) is 5.97 Å². The number of anilines is 1. The molecule has 0 spiro atoms. The third kappa shape index (κ3) is 3.94. The number of esters is 1. The second kappa shape index (κ2) is 8.06. The van der Waals surface area contributed by atoms with E-state index in [1.54, 1.807) is 0 Å². The molecule has 1 saturated carbocycles. The van der Waals surface area contributed by atoms with Gasteiger partial charge in [-0.2, -0.15) is 0 Å².